The summed E-state index contributed by atoms with van der Waals surface area (Å²) >= 11 is 0. The average molecular weight is 343 g/mol. The number of nitrogens with zero attached hydrogens (tertiary/aromatic N) is 1. The Morgan fingerprint density at radius 3 is 2.75 bits per heavy atom. The van der Waals surface area contributed by atoms with Gasteiger partial charge in [0.15, 0.2) is 5.78 Å². The molecule has 2 aliphatic rings. The van der Waals surface area contributed by atoms with Crippen LogP contribution in [0, 0.1) is 0 Å². The number of carbonyl (C=O) groups is 2. The highest BCUT2D eigenvalue weighted by atomic mass is 32.2. The number of fused-ring (bicyclic) bond motifs is 2. The molecule has 0 aromatic heterocycles. The summed E-state index contributed by atoms with van der Waals surface area (Å²) in [7, 11) is -3.97. The van der Waals surface area contributed by atoms with Gasteiger partial charge in [0.1, 0.15) is 17.2 Å². The lowest BCUT2D eigenvalue weighted by Crippen LogP contribution is -2.35. The molecule has 2 heterocycles. The summed E-state index contributed by atoms with van der Waals surface area (Å²) in [6.45, 7) is 0.0662. The SMILES string of the molecule is O=C(CN1C(=O)c2ccccc2S1(=O)=O)c1ccc2c(c1)CCO2. The van der Waals surface area contributed by atoms with Crippen LogP contribution in [-0.2, 0) is 16.4 Å². The zero-order chi connectivity index (χ0) is 16.9. The van der Waals surface area contributed by atoms with Gasteiger partial charge in [-0.15, -0.1) is 0 Å². The number of ketones is 1. The van der Waals surface area contributed by atoms with Crippen LogP contribution in [0.1, 0.15) is 26.3 Å². The summed E-state index contributed by atoms with van der Waals surface area (Å²) < 4.78 is 31.0. The summed E-state index contributed by atoms with van der Waals surface area (Å²) in [5, 5.41) is 0. The van der Waals surface area contributed by atoms with E-state index in [-0.39, 0.29) is 10.5 Å². The van der Waals surface area contributed by atoms with Crippen molar-refractivity contribution in [3.05, 3.63) is 59.2 Å². The van der Waals surface area contributed by atoms with E-state index in [1.165, 1.54) is 12.1 Å². The van der Waals surface area contributed by atoms with E-state index in [4.69, 9.17) is 4.74 Å². The van der Waals surface area contributed by atoms with E-state index >= 15 is 0 Å². The first kappa shape index (κ1) is 14.9. The molecule has 2 aliphatic heterocycles. The van der Waals surface area contributed by atoms with E-state index in [1.54, 1.807) is 30.3 Å². The molecule has 2 aromatic rings. The van der Waals surface area contributed by atoms with Crippen LogP contribution in [0.5, 0.6) is 5.75 Å². The normalized spacial score (nSPS) is 17.3. The molecule has 0 spiro atoms. The standard InChI is InChI=1S/C17H13NO5S/c19-14(11-5-6-15-12(9-11)7-8-23-15)10-18-17(20)13-3-1-2-4-16(13)24(18,21)22/h1-6,9H,7-8,10H2. The second-order valence-corrected chi connectivity index (χ2v) is 7.49. The lowest BCUT2D eigenvalue weighted by atomic mass is 10.1. The van der Waals surface area contributed by atoms with Crippen molar-refractivity contribution < 1.29 is 22.7 Å². The first-order chi connectivity index (χ1) is 11.5. The van der Waals surface area contributed by atoms with Crippen LogP contribution in [-0.4, -0.2) is 37.6 Å². The number of hydrogen-bond acceptors (Lipinski definition) is 5. The number of ether oxygens (including phenoxy) is 1. The topological polar surface area (TPSA) is 80.8 Å². The molecule has 122 valence electrons. The molecule has 0 atom stereocenters. The fourth-order valence-corrected chi connectivity index (χ4v) is 4.49. The van der Waals surface area contributed by atoms with Crippen LogP contribution in [0.25, 0.3) is 0 Å². The van der Waals surface area contributed by atoms with Crippen LogP contribution >= 0.6 is 0 Å². The summed E-state index contributed by atoms with van der Waals surface area (Å²) in [6, 6.07) is 11.0. The van der Waals surface area contributed by atoms with E-state index in [0.29, 0.717) is 22.9 Å². The molecule has 1 amide bonds. The van der Waals surface area contributed by atoms with Crippen LogP contribution in [0.3, 0.4) is 0 Å². The third-order valence-electron chi connectivity index (χ3n) is 4.21. The van der Waals surface area contributed by atoms with Gasteiger partial charge in [-0.2, -0.15) is 0 Å². The number of sulfonamides is 1. The number of carbonyl (C=O) groups excluding carboxylic acids is 2. The Bertz CT molecular complexity index is 980. The fourth-order valence-electron chi connectivity index (χ4n) is 2.97. The molecule has 7 heteroatoms. The molecule has 0 saturated carbocycles. The maximum atomic E-state index is 12.5. The van der Waals surface area contributed by atoms with Crippen molar-refractivity contribution in [2.45, 2.75) is 11.3 Å². The molecule has 0 unspecified atom stereocenters. The van der Waals surface area contributed by atoms with Crippen LogP contribution in [0.15, 0.2) is 47.4 Å². The van der Waals surface area contributed by atoms with Crippen molar-refractivity contribution in [3.8, 4) is 5.75 Å². The Morgan fingerprint density at radius 1 is 1.17 bits per heavy atom. The molecule has 2 aromatic carbocycles. The van der Waals surface area contributed by atoms with Crippen LogP contribution in [0.2, 0.25) is 0 Å². The first-order valence-corrected chi connectivity index (χ1v) is 8.87. The van der Waals surface area contributed by atoms with Crippen LogP contribution in [0.4, 0.5) is 0 Å². The van der Waals surface area contributed by atoms with E-state index in [0.717, 1.165) is 11.3 Å². The lowest BCUT2D eigenvalue weighted by Gasteiger charge is -2.14. The minimum atomic E-state index is -3.97. The lowest BCUT2D eigenvalue weighted by molar-refractivity contribution is 0.0820. The number of hydrogen-bond donors (Lipinski definition) is 0. The molecule has 0 fully saturated rings. The molecular formula is C17H13NO5S. The summed E-state index contributed by atoms with van der Waals surface area (Å²) in [5.41, 5.74) is 1.39. The molecule has 0 radical (unpaired) electrons. The van der Waals surface area contributed by atoms with E-state index in [1.807, 2.05) is 0 Å². The molecule has 0 saturated heterocycles. The maximum Gasteiger partial charge on any atom is 0.269 e. The van der Waals surface area contributed by atoms with Gasteiger partial charge in [0.2, 0.25) is 0 Å². The predicted octanol–water partition coefficient (Wildman–Crippen LogP) is 1.65. The molecular weight excluding hydrogens is 330 g/mol. The monoisotopic (exact) mass is 343 g/mol. The first-order valence-electron chi connectivity index (χ1n) is 7.43. The number of Topliss-reactive ketones (excluding diaryl/α,β-unsaturated/α-hetero) is 1. The minimum absolute atomic E-state index is 0.0508. The molecule has 4 rings (SSSR count). The largest absolute Gasteiger partial charge is 0.493 e. The average Bonchev–Trinajstić information content (AvgIpc) is 3.12. The zero-order valence-electron chi connectivity index (χ0n) is 12.6. The third-order valence-corrected chi connectivity index (χ3v) is 6.00. The zero-order valence-corrected chi connectivity index (χ0v) is 13.4. The molecule has 6 nitrogen and oxygen atoms in total. The maximum absolute atomic E-state index is 12.5. The molecule has 0 aliphatic carbocycles. The predicted molar refractivity (Wildman–Crippen MR) is 84.6 cm³/mol. The summed E-state index contributed by atoms with van der Waals surface area (Å²) in [6.07, 6.45) is 0.711. The van der Waals surface area contributed by atoms with Gasteiger partial charge in [-0.3, -0.25) is 9.59 Å². The Balaban J connectivity index is 1.64. The van der Waals surface area contributed by atoms with Gasteiger partial charge >= 0.3 is 0 Å². The number of benzene rings is 2. The molecule has 24 heavy (non-hydrogen) atoms. The summed E-state index contributed by atoms with van der Waals surface area (Å²) in [4.78, 5) is 24.8. The van der Waals surface area contributed by atoms with Crippen molar-refractivity contribution >= 4 is 21.7 Å². The van der Waals surface area contributed by atoms with Crippen molar-refractivity contribution in [3.63, 3.8) is 0 Å². The summed E-state index contributed by atoms with van der Waals surface area (Å²) in [5.74, 6) is -0.346. The minimum Gasteiger partial charge on any atom is -0.493 e. The van der Waals surface area contributed by atoms with Gasteiger partial charge in [-0.1, -0.05) is 12.1 Å². The highest BCUT2D eigenvalue weighted by molar-refractivity contribution is 7.90. The van der Waals surface area contributed by atoms with Crippen molar-refractivity contribution in [2.75, 3.05) is 13.2 Å². The van der Waals surface area contributed by atoms with Crippen molar-refractivity contribution in [1.29, 1.82) is 0 Å². The Labute approximate surface area is 138 Å². The van der Waals surface area contributed by atoms with Gasteiger partial charge < -0.3 is 4.74 Å². The van der Waals surface area contributed by atoms with Gasteiger partial charge in [-0.05, 0) is 35.9 Å². The highest BCUT2D eigenvalue weighted by Crippen LogP contribution is 2.31. The Morgan fingerprint density at radius 2 is 1.96 bits per heavy atom. The van der Waals surface area contributed by atoms with E-state index in [9.17, 15) is 18.0 Å². The van der Waals surface area contributed by atoms with Crippen LogP contribution < -0.4 is 4.74 Å². The van der Waals surface area contributed by atoms with Crippen molar-refractivity contribution in [1.82, 2.24) is 4.31 Å². The second-order valence-electron chi connectivity index (χ2n) is 5.66. The highest BCUT2D eigenvalue weighted by Gasteiger charge is 2.41. The van der Waals surface area contributed by atoms with E-state index in [2.05, 4.69) is 0 Å². The quantitative estimate of drug-likeness (QED) is 0.792. The second kappa shape index (κ2) is 5.17. The Hall–Kier alpha value is -2.67. The smallest absolute Gasteiger partial charge is 0.269 e. The Kier molecular flexibility index (Phi) is 3.21. The number of amides is 1. The van der Waals surface area contributed by atoms with Crippen molar-refractivity contribution in [2.24, 2.45) is 0 Å². The fraction of sp³-hybridized carbons (Fsp3) is 0.176. The van der Waals surface area contributed by atoms with Gasteiger partial charge in [0.25, 0.3) is 15.9 Å². The number of rotatable bonds is 3. The van der Waals surface area contributed by atoms with E-state index < -0.39 is 28.3 Å². The third kappa shape index (κ3) is 2.12. The molecule has 0 bridgehead atoms. The van der Waals surface area contributed by atoms with Gasteiger partial charge in [0, 0.05) is 12.0 Å². The van der Waals surface area contributed by atoms with Gasteiger partial charge in [-0.25, -0.2) is 12.7 Å². The van der Waals surface area contributed by atoms with Gasteiger partial charge in [0.05, 0.1) is 12.2 Å². The molecule has 0 N–H and O–H groups in total.